The van der Waals surface area contributed by atoms with Crippen LogP contribution in [0.2, 0.25) is 0 Å². The summed E-state index contributed by atoms with van der Waals surface area (Å²) in [6, 6.07) is 0. The number of amides is 1. The Labute approximate surface area is 92.3 Å². The Hall–Kier alpha value is -0.770. The molecule has 0 heterocycles. The monoisotopic (exact) mass is 217 g/mol. The second kappa shape index (κ2) is 5.95. The molecule has 90 valence electrons. The molecule has 0 saturated carbocycles. The quantitative estimate of drug-likeness (QED) is 0.786. The average molecular weight is 217 g/mol. The molecule has 0 aromatic carbocycles. The van der Waals surface area contributed by atoms with Crippen molar-refractivity contribution in [2.45, 2.75) is 59.4 Å². The van der Waals surface area contributed by atoms with Gasteiger partial charge in [0.2, 0.25) is 0 Å². The van der Waals surface area contributed by atoms with Gasteiger partial charge in [0, 0.05) is 6.54 Å². The number of rotatable bonds is 4. The van der Waals surface area contributed by atoms with Gasteiger partial charge in [-0.3, -0.25) is 0 Å². The summed E-state index contributed by atoms with van der Waals surface area (Å²) < 4.78 is 10.5. The van der Waals surface area contributed by atoms with Gasteiger partial charge in [-0.2, -0.15) is 0 Å². The van der Waals surface area contributed by atoms with Crippen molar-refractivity contribution < 1.29 is 14.3 Å². The Morgan fingerprint density at radius 2 is 1.80 bits per heavy atom. The molecule has 0 saturated heterocycles. The highest BCUT2D eigenvalue weighted by atomic mass is 16.6. The van der Waals surface area contributed by atoms with E-state index in [2.05, 4.69) is 5.32 Å². The van der Waals surface area contributed by atoms with Crippen LogP contribution in [0, 0.1) is 0 Å². The summed E-state index contributed by atoms with van der Waals surface area (Å²) >= 11 is 0. The molecule has 0 aliphatic carbocycles. The van der Waals surface area contributed by atoms with Gasteiger partial charge in [0.05, 0.1) is 12.2 Å². The fraction of sp³-hybridized carbons (Fsp3) is 0.909. The number of alkyl carbamates (subject to hydrolysis) is 1. The van der Waals surface area contributed by atoms with E-state index in [-0.39, 0.29) is 12.2 Å². The molecule has 1 N–H and O–H groups in total. The predicted molar refractivity (Wildman–Crippen MR) is 59.9 cm³/mol. The second-order valence-electron chi connectivity index (χ2n) is 4.88. The van der Waals surface area contributed by atoms with Crippen LogP contribution < -0.4 is 5.32 Å². The molecule has 0 unspecified atom stereocenters. The van der Waals surface area contributed by atoms with E-state index >= 15 is 0 Å². The predicted octanol–water partition coefficient (Wildman–Crippen LogP) is 2.32. The molecule has 0 aliphatic heterocycles. The van der Waals surface area contributed by atoms with E-state index in [1.54, 1.807) is 0 Å². The summed E-state index contributed by atoms with van der Waals surface area (Å²) in [7, 11) is 0. The van der Waals surface area contributed by atoms with Crippen LogP contribution >= 0.6 is 0 Å². The third kappa shape index (κ3) is 9.53. The van der Waals surface area contributed by atoms with Crippen LogP contribution in [0.4, 0.5) is 4.79 Å². The lowest BCUT2D eigenvalue weighted by Gasteiger charge is -2.21. The van der Waals surface area contributed by atoms with Crippen LogP contribution in [-0.2, 0) is 9.47 Å². The molecule has 0 radical (unpaired) electrons. The van der Waals surface area contributed by atoms with E-state index in [1.807, 2.05) is 41.5 Å². The third-order valence-electron chi connectivity index (χ3n) is 1.44. The van der Waals surface area contributed by atoms with Gasteiger partial charge in [0.1, 0.15) is 5.60 Å². The Morgan fingerprint density at radius 3 is 2.20 bits per heavy atom. The van der Waals surface area contributed by atoms with Gasteiger partial charge < -0.3 is 14.8 Å². The molecule has 15 heavy (non-hydrogen) atoms. The topological polar surface area (TPSA) is 47.6 Å². The molecule has 0 spiro atoms. The molecule has 4 nitrogen and oxygen atoms in total. The molecular weight excluding hydrogens is 194 g/mol. The first-order valence-electron chi connectivity index (χ1n) is 5.33. The van der Waals surface area contributed by atoms with Gasteiger partial charge in [-0.05, 0) is 41.5 Å². The van der Waals surface area contributed by atoms with E-state index in [1.165, 1.54) is 0 Å². The first kappa shape index (κ1) is 14.2. The molecule has 0 fully saturated rings. The van der Waals surface area contributed by atoms with E-state index in [0.717, 1.165) is 0 Å². The third-order valence-corrected chi connectivity index (χ3v) is 1.44. The molecule has 4 heteroatoms. The van der Waals surface area contributed by atoms with Gasteiger partial charge in [-0.25, -0.2) is 4.79 Å². The lowest BCUT2D eigenvalue weighted by atomic mass is 10.2. The van der Waals surface area contributed by atoms with Crippen LogP contribution in [0.1, 0.15) is 41.5 Å². The highest BCUT2D eigenvalue weighted by molar-refractivity contribution is 5.67. The van der Waals surface area contributed by atoms with Crippen LogP contribution in [-0.4, -0.2) is 30.4 Å². The van der Waals surface area contributed by atoms with Crippen LogP contribution in [0.5, 0.6) is 0 Å². The molecule has 0 bridgehead atoms. The number of carbonyl (C=O) groups excluding carboxylic acids is 1. The maximum atomic E-state index is 11.3. The average Bonchev–Trinajstić information content (AvgIpc) is 1.96. The van der Waals surface area contributed by atoms with Crippen LogP contribution in [0.25, 0.3) is 0 Å². The maximum absolute atomic E-state index is 11.3. The summed E-state index contributed by atoms with van der Waals surface area (Å²) in [5.74, 6) is 0. The molecule has 1 amide bonds. The second-order valence-corrected chi connectivity index (χ2v) is 4.88. The summed E-state index contributed by atoms with van der Waals surface area (Å²) in [6.45, 7) is 11.8. The van der Waals surface area contributed by atoms with Crippen molar-refractivity contribution in [3.05, 3.63) is 0 Å². The fourth-order valence-corrected chi connectivity index (χ4v) is 1.05. The number of nitrogens with one attached hydrogen (secondary N) is 1. The first-order valence-corrected chi connectivity index (χ1v) is 5.33. The van der Waals surface area contributed by atoms with Crippen molar-refractivity contribution in [1.82, 2.24) is 5.32 Å². The molecule has 0 aromatic heterocycles. The zero-order valence-electron chi connectivity index (χ0n) is 10.6. The van der Waals surface area contributed by atoms with Crippen molar-refractivity contribution in [2.75, 3.05) is 6.54 Å². The summed E-state index contributed by atoms with van der Waals surface area (Å²) in [4.78, 5) is 11.3. The van der Waals surface area contributed by atoms with Gasteiger partial charge in [-0.1, -0.05) is 0 Å². The standard InChI is InChI=1S/C11H23NO3/c1-8(2)14-9(3)7-12-10(13)15-11(4,5)6/h8-9H,7H2,1-6H3,(H,12,13)/t9-/m0/s1. The summed E-state index contributed by atoms with van der Waals surface area (Å²) in [5.41, 5.74) is -0.452. The van der Waals surface area contributed by atoms with Crippen LogP contribution in [0.15, 0.2) is 0 Å². The lowest BCUT2D eigenvalue weighted by Crippen LogP contribution is -2.37. The number of hydrogen-bond acceptors (Lipinski definition) is 3. The molecule has 0 aromatic rings. The van der Waals surface area contributed by atoms with Gasteiger partial charge in [-0.15, -0.1) is 0 Å². The largest absolute Gasteiger partial charge is 0.444 e. The van der Waals surface area contributed by atoms with E-state index < -0.39 is 11.7 Å². The first-order chi connectivity index (χ1) is 6.70. The zero-order valence-corrected chi connectivity index (χ0v) is 10.6. The van der Waals surface area contributed by atoms with E-state index in [4.69, 9.17) is 9.47 Å². The Balaban J connectivity index is 3.72. The van der Waals surface area contributed by atoms with Crippen molar-refractivity contribution in [3.63, 3.8) is 0 Å². The lowest BCUT2D eigenvalue weighted by molar-refractivity contribution is 0.0134. The van der Waals surface area contributed by atoms with E-state index in [0.29, 0.717) is 6.54 Å². The highest BCUT2D eigenvalue weighted by Gasteiger charge is 2.16. The SMILES string of the molecule is CC(C)O[C@@H](C)CNC(=O)OC(C)(C)C. The zero-order chi connectivity index (χ0) is 12.1. The molecule has 1 atom stereocenters. The van der Waals surface area contributed by atoms with E-state index in [9.17, 15) is 4.79 Å². The fourth-order valence-electron chi connectivity index (χ4n) is 1.05. The molecular formula is C11H23NO3. The summed E-state index contributed by atoms with van der Waals surface area (Å²) in [6.07, 6.45) is -0.236. The normalized spacial score (nSPS) is 13.8. The number of ether oxygens (including phenoxy) is 2. The van der Waals surface area contributed by atoms with Crippen LogP contribution in [0.3, 0.4) is 0 Å². The number of carbonyl (C=O) groups is 1. The Morgan fingerprint density at radius 1 is 1.27 bits per heavy atom. The van der Waals surface area contributed by atoms with Crippen molar-refractivity contribution in [1.29, 1.82) is 0 Å². The maximum Gasteiger partial charge on any atom is 0.407 e. The molecule has 0 rings (SSSR count). The highest BCUT2D eigenvalue weighted by Crippen LogP contribution is 2.06. The minimum absolute atomic E-state index is 0.00230. The Kier molecular flexibility index (Phi) is 5.65. The Bertz CT molecular complexity index is 196. The smallest absolute Gasteiger partial charge is 0.407 e. The molecule has 0 aliphatic rings. The van der Waals surface area contributed by atoms with Crippen molar-refractivity contribution in [2.24, 2.45) is 0 Å². The van der Waals surface area contributed by atoms with Crippen molar-refractivity contribution >= 4 is 6.09 Å². The van der Waals surface area contributed by atoms with Gasteiger partial charge in [0.15, 0.2) is 0 Å². The summed E-state index contributed by atoms with van der Waals surface area (Å²) in [5, 5.41) is 2.66. The van der Waals surface area contributed by atoms with Gasteiger partial charge >= 0.3 is 6.09 Å². The number of hydrogen-bond donors (Lipinski definition) is 1. The minimum Gasteiger partial charge on any atom is -0.444 e. The van der Waals surface area contributed by atoms with Crippen molar-refractivity contribution in [3.8, 4) is 0 Å². The minimum atomic E-state index is -0.452. The van der Waals surface area contributed by atoms with Gasteiger partial charge in [0.25, 0.3) is 0 Å².